The summed E-state index contributed by atoms with van der Waals surface area (Å²) in [5.74, 6) is 0.876. The number of nitrogens with zero attached hydrogens (tertiary/aromatic N) is 4. The number of nitrogens with one attached hydrogen (secondary N) is 1. The lowest BCUT2D eigenvalue weighted by Crippen LogP contribution is -2.39. The molecule has 0 bridgehead atoms. The van der Waals surface area contributed by atoms with Crippen LogP contribution >= 0.6 is 0 Å². The highest BCUT2D eigenvalue weighted by Crippen LogP contribution is 2.17. The average molecular weight is 353 g/mol. The molecule has 0 saturated heterocycles. The topological polar surface area (TPSA) is 85.3 Å². The maximum absolute atomic E-state index is 12.4. The summed E-state index contributed by atoms with van der Waals surface area (Å²) in [6.07, 6.45) is 5.08. The molecule has 0 fully saturated rings. The third-order valence-electron chi connectivity index (χ3n) is 4.57. The summed E-state index contributed by atoms with van der Waals surface area (Å²) in [6, 6.07) is 6.97. The summed E-state index contributed by atoms with van der Waals surface area (Å²) in [6.45, 7) is 2.02. The molecule has 1 N–H and O–H groups in total. The quantitative estimate of drug-likeness (QED) is 0.768. The van der Waals surface area contributed by atoms with Crippen LogP contribution in [0.15, 0.2) is 47.3 Å². The van der Waals surface area contributed by atoms with E-state index in [0.29, 0.717) is 37.6 Å². The number of amides is 2. The SMILES string of the molecule is Cn1cccc1C(=O)NCc1cnc2n1CCN(C(=O)c1ccco1)C2. The van der Waals surface area contributed by atoms with Gasteiger partial charge >= 0.3 is 0 Å². The molecule has 0 aromatic carbocycles. The van der Waals surface area contributed by atoms with Gasteiger partial charge in [0, 0.05) is 26.3 Å². The minimum Gasteiger partial charge on any atom is -0.459 e. The Morgan fingerprint density at radius 2 is 2.15 bits per heavy atom. The van der Waals surface area contributed by atoms with Crippen LogP contribution in [0.5, 0.6) is 0 Å². The molecule has 0 spiro atoms. The Balaban J connectivity index is 1.42. The van der Waals surface area contributed by atoms with Gasteiger partial charge in [0.1, 0.15) is 11.5 Å². The normalized spacial score (nSPS) is 13.5. The fraction of sp³-hybridized carbons (Fsp3) is 0.278. The Labute approximate surface area is 150 Å². The van der Waals surface area contributed by atoms with Crippen molar-refractivity contribution in [1.29, 1.82) is 0 Å². The molecule has 1 aliphatic rings. The van der Waals surface area contributed by atoms with Crippen molar-refractivity contribution in [3.05, 3.63) is 65.9 Å². The predicted molar refractivity (Wildman–Crippen MR) is 92.3 cm³/mol. The van der Waals surface area contributed by atoms with Crippen LogP contribution in [0.2, 0.25) is 0 Å². The lowest BCUT2D eigenvalue weighted by molar-refractivity contribution is 0.0674. The molecule has 0 aliphatic carbocycles. The van der Waals surface area contributed by atoms with Gasteiger partial charge in [-0.15, -0.1) is 0 Å². The number of aromatic nitrogens is 3. The average Bonchev–Trinajstić information content (AvgIpc) is 3.39. The monoisotopic (exact) mass is 353 g/mol. The van der Waals surface area contributed by atoms with Gasteiger partial charge in [0.05, 0.1) is 31.2 Å². The predicted octanol–water partition coefficient (Wildman–Crippen LogP) is 1.40. The van der Waals surface area contributed by atoms with E-state index in [4.69, 9.17) is 4.42 Å². The maximum atomic E-state index is 12.4. The summed E-state index contributed by atoms with van der Waals surface area (Å²) in [5.41, 5.74) is 1.53. The number of hydrogen-bond donors (Lipinski definition) is 1. The zero-order chi connectivity index (χ0) is 18.1. The maximum Gasteiger partial charge on any atom is 0.290 e. The first kappa shape index (κ1) is 16.2. The zero-order valence-corrected chi connectivity index (χ0v) is 14.4. The van der Waals surface area contributed by atoms with Crippen molar-refractivity contribution in [2.45, 2.75) is 19.6 Å². The van der Waals surface area contributed by atoms with Crippen LogP contribution in [0.3, 0.4) is 0 Å². The van der Waals surface area contributed by atoms with Gasteiger partial charge in [-0.3, -0.25) is 9.59 Å². The van der Waals surface area contributed by atoms with Gasteiger partial charge in [-0.1, -0.05) is 0 Å². The first-order chi connectivity index (χ1) is 12.6. The Hall–Kier alpha value is -3.29. The number of hydrogen-bond acceptors (Lipinski definition) is 4. The van der Waals surface area contributed by atoms with Crippen molar-refractivity contribution < 1.29 is 14.0 Å². The molecule has 4 rings (SSSR count). The van der Waals surface area contributed by atoms with Crippen LogP contribution < -0.4 is 5.32 Å². The largest absolute Gasteiger partial charge is 0.459 e. The summed E-state index contributed by atoms with van der Waals surface area (Å²) in [5, 5.41) is 2.92. The molecule has 0 atom stereocenters. The van der Waals surface area contributed by atoms with Crippen molar-refractivity contribution in [2.24, 2.45) is 7.05 Å². The van der Waals surface area contributed by atoms with E-state index >= 15 is 0 Å². The van der Waals surface area contributed by atoms with E-state index in [-0.39, 0.29) is 11.8 Å². The molecule has 8 nitrogen and oxygen atoms in total. The van der Waals surface area contributed by atoms with E-state index in [1.54, 1.807) is 33.9 Å². The second kappa shape index (κ2) is 6.55. The van der Waals surface area contributed by atoms with E-state index in [9.17, 15) is 9.59 Å². The van der Waals surface area contributed by atoms with Crippen molar-refractivity contribution in [3.8, 4) is 0 Å². The minimum absolute atomic E-state index is 0.126. The molecule has 4 heterocycles. The van der Waals surface area contributed by atoms with E-state index in [1.807, 2.05) is 19.3 Å². The van der Waals surface area contributed by atoms with Crippen molar-refractivity contribution >= 4 is 11.8 Å². The van der Waals surface area contributed by atoms with Crippen molar-refractivity contribution in [2.75, 3.05) is 6.54 Å². The number of furan rings is 1. The second-order valence-electron chi connectivity index (χ2n) is 6.21. The van der Waals surface area contributed by atoms with E-state index in [2.05, 4.69) is 14.9 Å². The highest BCUT2D eigenvalue weighted by Gasteiger charge is 2.25. The fourth-order valence-corrected chi connectivity index (χ4v) is 3.15. The molecular formula is C18H19N5O3. The van der Waals surface area contributed by atoms with Crippen molar-refractivity contribution in [3.63, 3.8) is 0 Å². The Bertz CT molecular complexity index is 938. The molecule has 26 heavy (non-hydrogen) atoms. The number of imidazole rings is 1. The van der Waals surface area contributed by atoms with Crippen LogP contribution in [-0.4, -0.2) is 37.4 Å². The van der Waals surface area contributed by atoms with Crippen LogP contribution in [-0.2, 0) is 26.7 Å². The van der Waals surface area contributed by atoms with Gasteiger partial charge in [0.2, 0.25) is 0 Å². The van der Waals surface area contributed by atoms with Crippen LogP contribution in [0.1, 0.15) is 32.6 Å². The lowest BCUT2D eigenvalue weighted by atomic mass is 10.3. The molecule has 3 aromatic rings. The van der Waals surface area contributed by atoms with Gasteiger partial charge in [-0.05, 0) is 24.3 Å². The van der Waals surface area contributed by atoms with E-state index in [1.165, 1.54) is 6.26 Å². The van der Waals surface area contributed by atoms with Gasteiger partial charge in [0.15, 0.2) is 5.76 Å². The number of fused-ring (bicyclic) bond motifs is 1. The standard InChI is InChI=1S/C18H19N5O3/c1-21-6-2-4-14(21)17(24)20-11-13-10-19-16-12-22(7-8-23(13)16)18(25)15-5-3-9-26-15/h2-6,9-10H,7-8,11-12H2,1H3,(H,20,24). The number of aryl methyl sites for hydroxylation is 1. The molecule has 3 aromatic heterocycles. The summed E-state index contributed by atoms with van der Waals surface area (Å²) >= 11 is 0. The summed E-state index contributed by atoms with van der Waals surface area (Å²) in [4.78, 5) is 30.8. The van der Waals surface area contributed by atoms with Crippen LogP contribution in [0.25, 0.3) is 0 Å². The van der Waals surface area contributed by atoms with Crippen molar-refractivity contribution in [1.82, 2.24) is 24.3 Å². The number of rotatable bonds is 4. The van der Waals surface area contributed by atoms with Gasteiger partial charge in [-0.2, -0.15) is 0 Å². The fourth-order valence-electron chi connectivity index (χ4n) is 3.15. The molecule has 0 unspecified atom stereocenters. The Kier molecular flexibility index (Phi) is 4.08. The number of carbonyl (C=O) groups is 2. The minimum atomic E-state index is -0.136. The smallest absolute Gasteiger partial charge is 0.290 e. The zero-order valence-electron chi connectivity index (χ0n) is 14.4. The van der Waals surface area contributed by atoms with Gasteiger partial charge < -0.3 is 23.8 Å². The first-order valence-electron chi connectivity index (χ1n) is 8.39. The Morgan fingerprint density at radius 1 is 1.27 bits per heavy atom. The third-order valence-corrected chi connectivity index (χ3v) is 4.57. The highest BCUT2D eigenvalue weighted by atomic mass is 16.3. The van der Waals surface area contributed by atoms with E-state index in [0.717, 1.165) is 11.5 Å². The van der Waals surface area contributed by atoms with Crippen LogP contribution in [0, 0.1) is 0 Å². The highest BCUT2D eigenvalue weighted by molar-refractivity contribution is 5.92. The second-order valence-corrected chi connectivity index (χ2v) is 6.21. The molecule has 2 amide bonds. The van der Waals surface area contributed by atoms with E-state index < -0.39 is 0 Å². The third kappa shape index (κ3) is 2.90. The summed E-state index contributed by atoms with van der Waals surface area (Å²) < 4.78 is 9.01. The van der Waals surface area contributed by atoms with Gasteiger partial charge in [0.25, 0.3) is 11.8 Å². The Morgan fingerprint density at radius 3 is 2.88 bits per heavy atom. The lowest BCUT2D eigenvalue weighted by Gasteiger charge is -2.28. The summed E-state index contributed by atoms with van der Waals surface area (Å²) in [7, 11) is 1.83. The molecule has 1 aliphatic heterocycles. The molecule has 134 valence electrons. The molecule has 0 saturated carbocycles. The first-order valence-corrected chi connectivity index (χ1v) is 8.39. The van der Waals surface area contributed by atoms with Gasteiger partial charge in [-0.25, -0.2) is 4.98 Å². The molecule has 0 radical (unpaired) electrons. The molecular weight excluding hydrogens is 334 g/mol. The number of carbonyl (C=O) groups excluding carboxylic acids is 2. The molecule has 8 heteroatoms. The van der Waals surface area contributed by atoms with Crippen LogP contribution in [0.4, 0.5) is 0 Å².